The molecule has 1 aromatic heterocycles. The summed E-state index contributed by atoms with van der Waals surface area (Å²) in [7, 11) is 0. The van der Waals surface area contributed by atoms with Gasteiger partial charge in [-0.15, -0.1) is 11.3 Å². The summed E-state index contributed by atoms with van der Waals surface area (Å²) in [4.78, 5) is 18.4. The Morgan fingerprint density at radius 1 is 1.19 bits per heavy atom. The van der Waals surface area contributed by atoms with Crippen LogP contribution in [0.1, 0.15) is 35.4 Å². The smallest absolute Gasteiger partial charge is 0.264 e. The molecule has 2 saturated heterocycles. The third-order valence-electron chi connectivity index (χ3n) is 4.35. The lowest BCUT2D eigenvalue weighted by Crippen LogP contribution is -2.49. The van der Waals surface area contributed by atoms with E-state index in [1.54, 1.807) is 11.3 Å². The summed E-state index contributed by atoms with van der Waals surface area (Å²) in [6.07, 6.45) is 5.13. The zero-order valence-corrected chi connectivity index (χ0v) is 14.1. The summed E-state index contributed by atoms with van der Waals surface area (Å²) in [5, 5.41) is 2.00. The first-order valence-electron chi connectivity index (χ1n) is 7.99. The van der Waals surface area contributed by atoms with E-state index in [2.05, 4.69) is 9.80 Å². The van der Waals surface area contributed by atoms with Gasteiger partial charge in [0.15, 0.2) is 0 Å². The van der Waals surface area contributed by atoms with Crippen molar-refractivity contribution < 1.29 is 4.79 Å². The first kappa shape index (κ1) is 15.4. The van der Waals surface area contributed by atoms with Gasteiger partial charge in [-0.25, -0.2) is 0 Å². The number of hydrogen-bond donors (Lipinski definition) is 0. The van der Waals surface area contributed by atoms with Gasteiger partial charge in [-0.3, -0.25) is 4.79 Å². The van der Waals surface area contributed by atoms with Gasteiger partial charge in [-0.1, -0.05) is 12.5 Å². The Morgan fingerprint density at radius 3 is 2.81 bits per heavy atom. The van der Waals surface area contributed by atoms with Crippen molar-refractivity contribution >= 4 is 29.0 Å². The quantitative estimate of drug-likeness (QED) is 0.853. The molecular weight excluding hydrogens is 300 g/mol. The van der Waals surface area contributed by atoms with Crippen molar-refractivity contribution in [3.05, 3.63) is 22.4 Å². The fourth-order valence-corrected chi connectivity index (χ4v) is 4.97. The van der Waals surface area contributed by atoms with Crippen LogP contribution in [0.5, 0.6) is 0 Å². The first-order valence-corrected chi connectivity index (χ1v) is 10.0. The summed E-state index contributed by atoms with van der Waals surface area (Å²) in [6, 6.07) is 4.32. The molecule has 1 amide bonds. The normalized spacial score (nSPS) is 24.8. The van der Waals surface area contributed by atoms with Crippen molar-refractivity contribution in [1.82, 2.24) is 9.80 Å². The number of thioether (sulfide) groups is 1. The van der Waals surface area contributed by atoms with E-state index in [0.717, 1.165) is 30.1 Å². The van der Waals surface area contributed by atoms with Gasteiger partial charge in [-0.05, 0) is 49.6 Å². The van der Waals surface area contributed by atoms with Crippen LogP contribution >= 0.6 is 23.1 Å². The van der Waals surface area contributed by atoms with Gasteiger partial charge in [-0.2, -0.15) is 11.8 Å². The van der Waals surface area contributed by atoms with Gasteiger partial charge in [0.2, 0.25) is 0 Å². The Bertz CT molecular complexity index is 443. The molecule has 1 atom stereocenters. The lowest BCUT2D eigenvalue weighted by Gasteiger charge is -2.35. The highest BCUT2D eigenvalue weighted by Crippen LogP contribution is 2.22. The molecule has 3 heterocycles. The van der Waals surface area contributed by atoms with Crippen LogP contribution in [0.2, 0.25) is 0 Å². The first-order chi connectivity index (χ1) is 10.3. The lowest BCUT2D eigenvalue weighted by atomic mass is 10.1. The van der Waals surface area contributed by atoms with E-state index in [9.17, 15) is 4.79 Å². The van der Waals surface area contributed by atoms with Crippen LogP contribution in [-0.2, 0) is 0 Å². The predicted molar refractivity (Wildman–Crippen MR) is 91.4 cm³/mol. The zero-order valence-electron chi connectivity index (χ0n) is 12.5. The fraction of sp³-hybridized carbons (Fsp3) is 0.688. The maximum atomic E-state index is 12.8. The minimum absolute atomic E-state index is 0.245. The van der Waals surface area contributed by atoms with E-state index < -0.39 is 0 Å². The van der Waals surface area contributed by atoms with Gasteiger partial charge in [0.05, 0.1) is 10.9 Å². The Hall–Kier alpha value is -0.520. The van der Waals surface area contributed by atoms with Crippen molar-refractivity contribution in [2.45, 2.75) is 31.7 Å². The van der Waals surface area contributed by atoms with Crippen molar-refractivity contribution in [1.29, 1.82) is 0 Å². The highest BCUT2D eigenvalue weighted by atomic mass is 32.2. The minimum Gasteiger partial charge on any atom is -0.333 e. The van der Waals surface area contributed by atoms with E-state index in [1.807, 2.05) is 29.3 Å². The Balaban J connectivity index is 1.69. The van der Waals surface area contributed by atoms with Crippen LogP contribution in [0, 0.1) is 0 Å². The van der Waals surface area contributed by atoms with Crippen molar-refractivity contribution in [2.24, 2.45) is 0 Å². The molecule has 0 radical (unpaired) electrons. The third-order valence-corrected chi connectivity index (χ3v) is 6.40. The molecule has 0 bridgehead atoms. The molecule has 0 aromatic carbocycles. The van der Waals surface area contributed by atoms with E-state index in [4.69, 9.17) is 0 Å². The standard InChI is InChI=1S/C16H24N2OS2/c19-16(15-6-4-11-21-15)18-9-5-10-20-13-14(18)12-17-7-2-1-3-8-17/h4,6,11,14H,1-3,5,7-10,12-13H2. The zero-order chi connectivity index (χ0) is 14.5. The molecule has 1 unspecified atom stereocenters. The molecule has 116 valence electrons. The molecule has 2 fully saturated rings. The van der Waals surface area contributed by atoms with E-state index in [0.29, 0.717) is 6.04 Å². The van der Waals surface area contributed by atoms with Gasteiger partial charge in [0, 0.05) is 18.8 Å². The van der Waals surface area contributed by atoms with Crippen LogP contribution < -0.4 is 0 Å². The van der Waals surface area contributed by atoms with Gasteiger partial charge in [0.1, 0.15) is 0 Å². The van der Waals surface area contributed by atoms with Crippen LogP contribution in [0.25, 0.3) is 0 Å². The number of piperidine rings is 1. The number of hydrogen-bond acceptors (Lipinski definition) is 4. The molecule has 0 N–H and O–H groups in total. The Morgan fingerprint density at radius 2 is 2.05 bits per heavy atom. The second kappa shape index (κ2) is 7.65. The van der Waals surface area contributed by atoms with Crippen molar-refractivity contribution in [3.8, 4) is 0 Å². The molecule has 0 saturated carbocycles. The molecule has 1 aromatic rings. The van der Waals surface area contributed by atoms with E-state index in [1.165, 1.54) is 38.1 Å². The SMILES string of the molecule is O=C(c1cccs1)N1CCCSCC1CN1CCCCC1. The second-order valence-corrected chi connectivity index (χ2v) is 8.02. The topological polar surface area (TPSA) is 23.6 Å². The van der Waals surface area contributed by atoms with Gasteiger partial charge < -0.3 is 9.80 Å². The largest absolute Gasteiger partial charge is 0.333 e. The summed E-state index contributed by atoms with van der Waals surface area (Å²) in [5.74, 6) is 2.52. The average molecular weight is 325 g/mol. The highest BCUT2D eigenvalue weighted by Gasteiger charge is 2.28. The summed E-state index contributed by atoms with van der Waals surface area (Å²) >= 11 is 3.58. The van der Waals surface area contributed by atoms with Crippen LogP contribution in [0.3, 0.4) is 0 Å². The number of rotatable bonds is 3. The second-order valence-electron chi connectivity index (χ2n) is 5.92. The maximum absolute atomic E-state index is 12.8. The number of nitrogens with zero attached hydrogens (tertiary/aromatic N) is 2. The maximum Gasteiger partial charge on any atom is 0.264 e. The van der Waals surface area contributed by atoms with Gasteiger partial charge >= 0.3 is 0 Å². The number of amides is 1. The van der Waals surface area contributed by atoms with Crippen LogP contribution in [0.4, 0.5) is 0 Å². The fourth-order valence-electron chi connectivity index (χ4n) is 3.23. The Kier molecular flexibility index (Phi) is 5.61. The minimum atomic E-state index is 0.245. The Labute approximate surface area is 135 Å². The molecule has 0 aliphatic carbocycles. The molecule has 3 rings (SSSR count). The molecule has 2 aliphatic rings. The molecule has 3 nitrogen and oxygen atoms in total. The number of thiophene rings is 1. The third kappa shape index (κ3) is 4.02. The molecule has 5 heteroatoms. The van der Waals surface area contributed by atoms with Crippen LogP contribution in [0.15, 0.2) is 17.5 Å². The average Bonchev–Trinajstić information content (AvgIpc) is 2.96. The lowest BCUT2D eigenvalue weighted by molar-refractivity contribution is 0.0650. The van der Waals surface area contributed by atoms with E-state index in [-0.39, 0.29) is 5.91 Å². The van der Waals surface area contributed by atoms with Gasteiger partial charge in [0.25, 0.3) is 5.91 Å². The van der Waals surface area contributed by atoms with Crippen molar-refractivity contribution in [2.75, 3.05) is 37.7 Å². The monoisotopic (exact) mass is 324 g/mol. The van der Waals surface area contributed by atoms with E-state index >= 15 is 0 Å². The molecular formula is C16H24N2OS2. The number of likely N-dealkylation sites (tertiary alicyclic amines) is 1. The molecule has 21 heavy (non-hydrogen) atoms. The summed E-state index contributed by atoms with van der Waals surface area (Å²) in [6.45, 7) is 4.40. The van der Waals surface area contributed by atoms with Crippen molar-refractivity contribution in [3.63, 3.8) is 0 Å². The summed E-state index contributed by atoms with van der Waals surface area (Å²) < 4.78 is 0. The van der Waals surface area contributed by atoms with Crippen LogP contribution in [-0.4, -0.2) is 59.4 Å². The molecule has 0 spiro atoms. The number of carbonyl (C=O) groups excluding carboxylic acids is 1. The number of carbonyl (C=O) groups is 1. The molecule has 2 aliphatic heterocycles. The summed E-state index contributed by atoms with van der Waals surface area (Å²) in [5.41, 5.74) is 0. The highest BCUT2D eigenvalue weighted by molar-refractivity contribution is 7.99. The predicted octanol–water partition coefficient (Wildman–Crippen LogP) is 3.18.